The lowest BCUT2D eigenvalue weighted by atomic mass is 10.0. The van der Waals surface area contributed by atoms with E-state index in [0.29, 0.717) is 12.3 Å². The van der Waals surface area contributed by atoms with Crippen molar-refractivity contribution in [2.45, 2.75) is 44.9 Å². The summed E-state index contributed by atoms with van der Waals surface area (Å²) in [4.78, 5) is 11.6. The van der Waals surface area contributed by atoms with Crippen molar-refractivity contribution in [1.29, 1.82) is 0 Å². The maximum atomic E-state index is 11.6. The van der Waals surface area contributed by atoms with Gasteiger partial charge in [0.2, 0.25) is 0 Å². The zero-order chi connectivity index (χ0) is 16.1. The van der Waals surface area contributed by atoms with Crippen LogP contribution in [0, 0.1) is 0 Å². The zero-order valence-corrected chi connectivity index (χ0v) is 14.2. The third-order valence-electron chi connectivity index (χ3n) is 4.75. The summed E-state index contributed by atoms with van der Waals surface area (Å²) in [5.41, 5.74) is 6.72. The Bertz CT molecular complexity index is 667. The number of hydrogen-bond donors (Lipinski definition) is 0. The van der Waals surface area contributed by atoms with Crippen LogP contribution in [0.15, 0.2) is 42.5 Å². The Morgan fingerprint density at radius 2 is 1.39 bits per heavy atom. The Morgan fingerprint density at radius 1 is 0.826 bits per heavy atom. The van der Waals surface area contributed by atoms with Crippen LogP contribution in [0.1, 0.15) is 51.9 Å². The molecule has 2 aliphatic rings. The monoisotopic (exact) mass is 326 g/mol. The van der Waals surface area contributed by atoms with Gasteiger partial charge in [0.25, 0.3) is 0 Å². The van der Waals surface area contributed by atoms with Crippen LogP contribution in [0.4, 0.5) is 0 Å². The molecule has 0 amide bonds. The summed E-state index contributed by atoms with van der Waals surface area (Å²) in [6.07, 6.45) is 7.92. The van der Waals surface area contributed by atoms with E-state index < -0.39 is 0 Å². The van der Waals surface area contributed by atoms with Crippen LogP contribution in [-0.2, 0) is 25.7 Å². The van der Waals surface area contributed by atoms with E-state index >= 15 is 0 Å². The first-order valence-corrected chi connectivity index (χ1v) is 9.09. The minimum absolute atomic E-state index is 0.162. The number of fused-ring (bicyclic) bond motifs is 2. The van der Waals surface area contributed by atoms with Crippen molar-refractivity contribution in [1.82, 2.24) is 0 Å². The normalized spacial score (nSPS) is 14.7. The zero-order valence-electron chi connectivity index (χ0n) is 13.5. The minimum Gasteiger partial charge on any atom is -0.294 e. The van der Waals surface area contributed by atoms with E-state index in [1.807, 2.05) is 12.1 Å². The molecule has 2 aromatic carbocycles. The van der Waals surface area contributed by atoms with Gasteiger partial charge >= 0.3 is 0 Å². The van der Waals surface area contributed by atoms with Crippen molar-refractivity contribution < 1.29 is 4.79 Å². The Kier molecular flexibility index (Phi) is 5.51. The molecule has 0 saturated heterocycles. The molecule has 0 N–H and O–H groups in total. The molecular weight excluding hydrogens is 304 g/mol. The van der Waals surface area contributed by atoms with Gasteiger partial charge < -0.3 is 0 Å². The first-order chi connectivity index (χ1) is 11.3. The van der Waals surface area contributed by atoms with E-state index in [-0.39, 0.29) is 5.78 Å². The Hall–Kier alpha value is -1.60. The standard InChI is InChI=1S/C12H13ClO.C9H10/c13-7-6-12(14)11-5-4-9-2-1-3-10(9)8-11;1-2-5-9-7-3-6-8(9)4-1/h4-5,8H,1-3,6-7H2;1-2,4-5H,3,6-7H2. The first kappa shape index (κ1) is 16.3. The number of alkyl halides is 1. The summed E-state index contributed by atoms with van der Waals surface area (Å²) in [6, 6.07) is 14.8. The fourth-order valence-electron chi connectivity index (χ4n) is 3.49. The second kappa shape index (κ2) is 7.79. The van der Waals surface area contributed by atoms with E-state index in [9.17, 15) is 4.79 Å². The maximum absolute atomic E-state index is 11.6. The largest absolute Gasteiger partial charge is 0.294 e. The highest BCUT2D eigenvalue weighted by molar-refractivity contribution is 6.19. The third kappa shape index (κ3) is 4.03. The molecule has 0 heterocycles. The van der Waals surface area contributed by atoms with Gasteiger partial charge in [-0.1, -0.05) is 36.4 Å². The molecule has 0 saturated carbocycles. The van der Waals surface area contributed by atoms with E-state index in [2.05, 4.69) is 30.3 Å². The van der Waals surface area contributed by atoms with Crippen molar-refractivity contribution >= 4 is 17.4 Å². The molecule has 0 bridgehead atoms. The van der Waals surface area contributed by atoms with Crippen LogP contribution < -0.4 is 0 Å². The molecule has 4 rings (SSSR count). The van der Waals surface area contributed by atoms with Gasteiger partial charge in [0.1, 0.15) is 0 Å². The van der Waals surface area contributed by atoms with Crippen molar-refractivity contribution in [2.75, 3.05) is 5.88 Å². The number of aryl methyl sites for hydroxylation is 4. The number of benzene rings is 2. The fourth-order valence-corrected chi connectivity index (χ4v) is 3.66. The van der Waals surface area contributed by atoms with Gasteiger partial charge in [-0.05, 0) is 66.8 Å². The summed E-state index contributed by atoms with van der Waals surface area (Å²) in [7, 11) is 0. The molecule has 2 aliphatic carbocycles. The number of carbonyl (C=O) groups excluding carboxylic acids is 1. The Morgan fingerprint density at radius 3 is 2.00 bits per heavy atom. The molecule has 0 radical (unpaired) electrons. The predicted octanol–water partition coefficient (Wildman–Crippen LogP) is 5.16. The van der Waals surface area contributed by atoms with Crippen molar-refractivity contribution in [2.24, 2.45) is 0 Å². The minimum atomic E-state index is 0.162. The first-order valence-electron chi connectivity index (χ1n) is 8.55. The molecule has 0 unspecified atom stereocenters. The molecule has 0 spiro atoms. The second-order valence-corrected chi connectivity index (χ2v) is 6.70. The molecule has 1 nitrogen and oxygen atoms in total. The van der Waals surface area contributed by atoms with Crippen LogP contribution in [0.2, 0.25) is 0 Å². The van der Waals surface area contributed by atoms with Crippen LogP contribution in [0.5, 0.6) is 0 Å². The van der Waals surface area contributed by atoms with Gasteiger partial charge in [0.15, 0.2) is 5.78 Å². The van der Waals surface area contributed by atoms with Gasteiger partial charge in [-0.2, -0.15) is 0 Å². The highest BCUT2D eigenvalue weighted by atomic mass is 35.5. The van der Waals surface area contributed by atoms with E-state index in [1.54, 1.807) is 11.1 Å². The molecule has 0 fully saturated rings. The average Bonchev–Trinajstić information content (AvgIpc) is 3.23. The predicted molar refractivity (Wildman–Crippen MR) is 96.6 cm³/mol. The summed E-state index contributed by atoms with van der Waals surface area (Å²) in [5.74, 6) is 0.574. The van der Waals surface area contributed by atoms with Gasteiger partial charge in [0.05, 0.1) is 0 Å². The van der Waals surface area contributed by atoms with Crippen molar-refractivity contribution in [3.8, 4) is 0 Å². The van der Waals surface area contributed by atoms with E-state index in [1.165, 1.54) is 43.2 Å². The highest BCUT2D eigenvalue weighted by Crippen LogP contribution is 2.23. The van der Waals surface area contributed by atoms with Gasteiger partial charge in [-0.15, -0.1) is 11.6 Å². The Balaban J connectivity index is 0.000000149. The van der Waals surface area contributed by atoms with Crippen LogP contribution in [-0.4, -0.2) is 11.7 Å². The summed E-state index contributed by atoms with van der Waals surface area (Å²) in [5, 5.41) is 0. The topological polar surface area (TPSA) is 17.1 Å². The molecule has 0 aromatic heterocycles. The van der Waals surface area contributed by atoms with Crippen molar-refractivity contribution in [3.05, 3.63) is 70.3 Å². The van der Waals surface area contributed by atoms with E-state index in [4.69, 9.17) is 11.6 Å². The second-order valence-electron chi connectivity index (χ2n) is 6.32. The summed E-state index contributed by atoms with van der Waals surface area (Å²) >= 11 is 5.54. The summed E-state index contributed by atoms with van der Waals surface area (Å²) < 4.78 is 0. The SMILES string of the molecule is O=C(CCCl)c1ccc2c(c1)CCC2.c1ccc2c(c1)CCC2. The lowest BCUT2D eigenvalue weighted by Gasteiger charge is -2.02. The molecule has 23 heavy (non-hydrogen) atoms. The van der Waals surface area contributed by atoms with Gasteiger partial charge in [-0.3, -0.25) is 4.79 Å². The molecule has 2 heteroatoms. The number of halogens is 1. The number of carbonyl (C=O) groups is 1. The fraction of sp³-hybridized carbons (Fsp3) is 0.381. The number of hydrogen-bond acceptors (Lipinski definition) is 1. The maximum Gasteiger partial charge on any atom is 0.164 e. The van der Waals surface area contributed by atoms with Crippen molar-refractivity contribution in [3.63, 3.8) is 0 Å². The lowest BCUT2D eigenvalue weighted by molar-refractivity contribution is 0.0989. The average molecular weight is 327 g/mol. The van der Waals surface area contributed by atoms with Crippen LogP contribution >= 0.6 is 11.6 Å². The van der Waals surface area contributed by atoms with Gasteiger partial charge in [-0.25, -0.2) is 0 Å². The molecule has 0 aliphatic heterocycles. The highest BCUT2D eigenvalue weighted by Gasteiger charge is 2.13. The van der Waals surface area contributed by atoms with Crippen LogP contribution in [0.25, 0.3) is 0 Å². The molecule has 0 atom stereocenters. The Labute approximate surface area is 143 Å². The smallest absolute Gasteiger partial charge is 0.164 e. The quantitative estimate of drug-likeness (QED) is 0.562. The number of Topliss-reactive ketones (excluding diaryl/α,β-unsaturated/α-hetero) is 1. The van der Waals surface area contributed by atoms with E-state index in [0.717, 1.165) is 12.0 Å². The molecule has 120 valence electrons. The molecular formula is C21H23ClO. The van der Waals surface area contributed by atoms with Gasteiger partial charge in [0, 0.05) is 17.9 Å². The molecule has 2 aromatic rings. The summed E-state index contributed by atoms with van der Waals surface area (Å²) in [6.45, 7) is 0. The number of rotatable bonds is 3. The van der Waals surface area contributed by atoms with Crippen LogP contribution in [0.3, 0.4) is 0 Å². The lowest BCUT2D eigenvalue weighted by Crippen LogP contribution is -2.00. The third-order valence-corrected chi connectivity index (χ3v) is 4.94. The number of ketones is 1.